The Balaban J connectivity index is 2.01. The molecule has 0 saturated heterocycles. The number of carbonyl (C=O) groups excluding carboxylic acids is 2. The van der Waals surface area contributed by atoms with Crippen LogP contribution in [0, 0.1) is 0 Å². The number of nitrogens with zero attached hydrogens (tertiary/aromatic N) is 2. The number of hydrogen-bond acceptors (Lipinski definition) is 6. The third-order valence-electron chi connectivity index (χ3n) is 3.10. The van der Waals surface area contributed by atoms with Gasteiger partial charge in [-0.25, -0.2) is 9.78 Å². The van der Waals surface area contributed by atoms with Crippen LogP contribution in [0.2, 0.25) is 0 Å². The number of fused-ring (bicyclic) bond motifs is 1. The third-order valence-corrected chi connectivity index (χ3v) is 4.18. The molecule has 1 aromatic carbocycles. The largest absolute Gasteiger partial charge is 0.462 e. The molecule has 23 heavy (non-hydrogen) atoms. The van der Waals surface area contributed by atoms with Gasteiger partial charge in [-0.1, -0.05) is 18.2 Å². The standard InChI is InChI=1S/C16H13N3O3S/c1-2-22-16(21)13-10-5-3-4-6-12(10)23-15(13)19-14(20)11-9-17-7-8-18-11/h3-9H,2H2,1H3,(H,19,20). The van der Waals surface area contributed by atoms with E-state index in [0.717, 1.165) is 10.1 Å². The van der Waals surface area contributed by atoms with Gasteiger partial charge in [0.15, 0.2) is 0 Å². The first-order chi connectivity index (χ1) is 11.2. The number of amides is 1. The van der Waals surface area contributed by atoms with Gasteiger partial charge >= 0.3 is 5.97 Å². The van der Waals surface area contributed by atoms with Gasteiger partial charge in [-0.15, -0.1) is 11.3 Å². The number of ether oxygens (including phenoxy) is 1. The summed E-state index contributed by atoms with van der Waals surface area (Å²) in [4.78, 5) is 32.3. The normalized spacial score (nSPS) is 10.5. The zero-order valence-corrected chi connectivity index (χ0v) is 13.1. The van der Waals surface area contributed by atoms with Gasteiger partial charge < -0.3 is 10.1 Å². The predicted molar refractivity (Wildman–Crippen MR) is 87.8 cm³/mol. The molecule has 0 aliphatic carbocycles. The fourth-order valence-corrected chi connectivity index (χ4v) is 3.21. The lowest BCUT2D eigenvalue weighted by molar-refractivity contribution is 0.0530. The van der Waals surface area contributed by atoms with Crippen LogP contribution in [0.4, 0.5) is 5.00 Å². The number of aromatic nitrogens is 2. The molecule has 7 heteroatoms. The summed E-state index contributed by atoms with van der Waals surface area (Å²) in [6.07, 6.45) is 4.29. The topological polar surface area (TPSA) is 81.2 Å². The number of carbonyl (C=O) groups is 2. The minimum atomic E-state index is -0.459. The predicted octanol–water partition coefficient (Wildman–Crippen LogP) is 3.12. The number of thiophene rings is 1. The van der Waals surface area contributed by atoms with Crippen LogP contribution in [-0.2, 0) is 4.74 Å². The van der Waals surface area contributed by atoms with Crippen molar-refractivity contribution in [3.63, 3.8) is 0 Å². The monoisotopic (exact) mass is 327 g/mol. The maximum atomic E-state index is 12.3. The van der Waals surface area contributed by atoms with Gasteiger partial charge in [0, 0.05) is 22.5 Å². The van der Waals surface area contributed by atoms with Gasteiger partial charge in [0.25, 0.3) is 5.91 Å². The number of anilines is 1. The molecule has 3 rings (SSSR count). The molecule has 0 saturated carbocycles. The Labute approximate surface area is 136 Å². The van der Waals surface area contributed by atoms with E-state index in [-0.39, 0.29) is 12.3 Å². The highest BCUT2D eigenvalue weighted by Gasteiger charge is 2.22. The molecule has 6 nitrogen and oxygen atoms in total. The number of benzene rings is 1. The molecule has 1 amide bonds. The Hall–Kier alpha value is -2.80. The molecule has 2 heterocycles. The lowest BCUT2D eigenvalue weighted by atomic mass is 10.1. The maximum absolute atomic E-state index is 12.3. The molecular weight excluding hydrogens is 314 g/mol. The number of rotatable bonds is 4. The quantitative estimate of drug-likeness (QED) is 0.745. The Morgan fingerprint density at radius 3 is 2.83 bits per heavy atom. The Kier molecular flexibility index (Phi) is 4.29. The van der Waals surface area contributed by atoms with Gasteiger partial charge in [0.05, 0.1) is 12.8 Å². The van der Waals surface area contributed by atoms with Crippen LogP contribution in [0.25, 0.3) is 10.1 Å². The minimum absolute atomic E-state index is 0.180. The van der Waals surface area contributed by atoms with Crippen molar-refractivity contribution in [1.29, 1.82) is 0 Å². The molecule has 1 N–H and O–H groups in total. The van der Waals surface area contributed by atoms with Crippen LogP contribution >= 0.6 is 11.3 Å². The van der Waals surface area contributed by atoms with Crippen molar-refractivity contribution in [2.75, 3.05) is 11.9 Å². The van der Waals surface area contributed by atoms with E-state index in [1.165, 1.54) is 29.9 Å². The lowest BCUT2D eigenvalue weighted by Gasteiger charge is -2.06. The van der Waals surface area contributed by atoms with Crippen molar-refractivity contribution in [3.05, 3.63) is 54.1 Å². The summed E-state index contributed by atoms with van der Waals surface area (Å²) in [5, 5.41) is 3.93. The van der Waals surface area contributed by atoms with E-state index < -0.39 is 11.9 Å². The molecule has 0 radical (unpaired) electrons. The summed E-state index contributed by atoms with van der Waals surface area (Å²) >= 11 is 1.32. The highest BCUT2D eigenvalue weighted by Crippen LogP contribution is 2.36. The third kappa shape index (κ3) is 3.04. The molecule has 3 aromatic rings. The fraction of sp³-hybridized carbons (Fsp3) is 0.125. The van der Waals surface area contributed by atoms with Crippen molar-refractivity contribution in [3.8, 4) is 0 Å². The highest BCUT2D eigenvalue weighted by molar-refractivity contribution is 7.23. The first-order valence-electron chi connectivity index (χ1n) is 6.96. The van der Waals surface area contributed by atoms with Gasteiger partial charge in [0.2, 0.25) is 0 Å². The molecule has 0 atom stereocenters. The summed E-state index contributed by atoms with van der Waals surface area (Å²) in [6, 6.07) is 7.44. The molecule has 0 bridgehead atoms. The van der Waals surface area contributed by atoms with Crippen molar-refractivity contribution in [2.45, 2.75) is 6.92 Å². The summed E-state index contributed by atoms with van der Waals surface area (Å²) in [7, 11) is 0. The van der Waals surface area contributed by atoms with Crippen LogP contribution in [-0.4, -0.2) is 28.5 Å². The second-order valence-electron chi connectivity index (χ2n) is 4.57. The molecule has 0 aliphatic rings. The summed E-state index contributed by atoms with van der Waals surface area (Å²) < 4.78 is 6.00. The second-order valence-corrected chi connectivity index (χ2v) is 5.62. The van der Waals surface area contributed by atoms with Crippen molar-refractivity contribution >= 4 is 38.3 Å². The molecule has 116 valence electrons. The van der Waals surface area contributed by atoms with Crippen molar-refractivity contribution in [1.82, 2.24) is 9.97 Å². The Morgan fingerprint density at radius 2 is 2.09 bits per heavy atom. The lowest BCUT2D eigenvalue weighted by Crippen LogP contribution is -2.15. The van der Waals surface area contributed by atoms with Crippen LogP contribution < -0.4 is 5.32 Å². The number of hydrogen-bond donors (Lipinski definition) is 1. The van der Waals surface area contributed by atoms with E-state index in [1.54, 1.807) is 6.92 Å². The smallest absolute Gasteiger partial charge is 0.341 e. The zero-order chi connectivity index (χ0) is 16.2. The van der Waals surface area contributed by atoms with E-state index in [9.17, 15) is 9.59 Å². The van der Waals surface area contributed by atoms with Crippen LogP contribution in [0.3, 0.4) is 0 Å². The molecular formula is C16H13N3O3S. The van der Waals surface area contributed by atoms with Crippen LogP contribution in [0.1, 0.15) is 27.8 Å². The van der Waals surface area contributed by atoms with Gasteiger partial charge in [-0.3, -0.25) is 9.78 Å². The van der Waals surface area contributed by atoms with Crippen molar-refractivity contribution in [2.24, 2.45) is 0 Å². The Morgan fingerprint density at radius 1 is 1.26 bits per heavy atom. The molecule has 0 spiro atoms. The maximum Gasteiger partial charge on any atom is 0.341 e. The number of esters is 1. The first-order valence-corrected chi connectivity index (χ1v) is 7.78. The van der Waals surface area contributed by atoms with E-state index >= 15 is 0 Å². The fourth-order valence-electron chi connectivity index (χ4n) is 2.12. The number of nitrogens with one attached hydrogen (secondary N) is 1. The second kappa shape index (κ2) is 6.53. The zero-order valence-electron chi connectivity index (χ0n) is 12.3. The van der Waals surface area contributed by atoms with E-state index in [1.807, 2.05) is 24.3 Å². The SMILES string of the molecule is CCOC(=O)c1c(NC(=O)c2cnccn2)sc2ccccc12. The van der Waals surface area contributed by atoms with E-state index in [4.69, 9.17) is 4.74 Å². The highest BCUT2D eigenvalue weighted by atomic mass is 32.1. The summed E-state index contributed by atoms with van der Waals surface area (Å²) in [5.74, 6) is -0.880. The van der Waals surface area contributed by atoms with Gasteiger partial charge in [-0.05, 0) is 13.0 Å². The average molecular weight is 327 g/mol. The molecule has 0 aliphatic heterocycles. The van der Waals surface area contributed by atoms with Gasteiger partial charge in [0.1, 0.15) is 16.3 Å². The first kappa shape index (κ1) is 15.1. The minimum Gasteiger partial charge on any atom is -0.462 e. The van der Waals surface area contributed by atoms with Gasteiger partial charge in [-0.2, -0.15) is 0 Å². The van der Waals surface area contributed by atoms with Crippen LogP contribution in [0.5, 0.6) is 0 Å². The molecule has 0 unspecified atom stereocenters. The molecule has 2 aromatic heterocycles. The summed E-state index contributed by atoms with van der Waals surface area (Å²) in [6.45, 7) is 2.00. The van der Waals surface area contributed by atoms with E-state index in [0.29, 0.717) is 10.6 Å². The van der Waals surface area contributed by atoms with E-state index in [2.05, 4.69) is 15.3 Å². The molecule has 0 fully saturated rings. The Bertz CT molecular complexity index is 861. The average Bonchev–Trinajstić information content (AvgIpc) is 2.93. The van der Waals surface area contributed by atoms with Crippen molar-refractivity contribution < 1.29 is 14.3 Å². The van der Waals surface area contributed by atoms with Crippen LogP contribution in [0.15, 0.2) is 42.9 Å². The summed E-state index contributed by atoms with van der Waals surface area (Å²) in [5.41, 5.74) is 0.546.